The van der Waals surface area contributed by atoms with Crippen LogP contribution in [0.25, 0.3) is 17.1 Å². The Morgan fingerprint density at radius 1 is 1.48 bits per heavy atom. The van der Waals surface area contributed by atoms with E-state index < -0.39 is 11.6 Å². The minimum Gasteiger partial charge on any atom is -0.367 e. The zero-order chi connectivity index (χ0) is 16.4. The van der Waals surface area contributed by atoms with Crippen molar-refractivity contribution in [3.05, 3.63) is 45.2 Å². The molecule has 0 amide bonds. The molecule has 120 valence electrons. The largest absolute Gasteiger partial charge is 0.446 e. The molecule has 23 heavy (non-hydrogen) atoms. The van der Waals surface area contributed by atoms with Gasteiger partial charge in [-0.25, -0.2) is 13.8 Å². The number of aromatic nitrogens is 4. The molecule has 0 saturated carbocycles. The third kappa shape index (κ3) is 2.90. The molecule has 0 spiro atoms. The van der Waals surface area contributed by atoms with E-state index in [9.17, 15) is 9.18 Å². The third-order valence-electron chi connectivity index (χ3n) is 3.08. The van der Waals surface area contributed by atoms with Crippen LogP contribution in [0.4, 0.5) is 10.2 Å². The summed E-state index contributed by atoms with van der Waals surface area (Å²) in [5.74, 6) is -0.404. The van der Waals surface area contributed by atoms with Gasteiger partial charge in [-0.15, -0.1) is 0 Å². The molecule has 0 radical (unpaired) electrons. The summed E-state index contributed by atoms with van der Waals surface area (Å²) < 4.78 is 19.6. The maximum Gasteiger partial charge on any atom is 0.446 e. The molecule has 0 aliphatic carbocycles. The van der Waals surface area contributed by atoms with Crippen LogP contribution in [0.3, 0.4) is 0 Å². The van der Waals surface area contributed by atoms with Crippen LogP contribution >= 0.6 is 15.9 Å². The number of rotatable bonds is 5. The Labute approximate surface area is 137 Å². The van der Waals surface area contributed by atoms with Gasteiger partial charge in [0.25, 0.3) is 0 Å². The number of halogens is 2. The van der Waals surface area contributed by atoms with Crippen LogP contribution in [-0.4, -0.2) is 33.0 Å². The number of nitrogens with two attached hydrogens (primary N) is 1. The maximum absolute atomic E-state index is 13.4. The smallest absolute Gasteiger partial charge is 0.367 e. The number of nitrogens with zero attached hydrogens (tertiary/aromatic N) is 3. The molecule has 2 heterocycles. The van der Waals surface area contributed by atoms with Crippen molar-refractivity contribution < 1.29 is 8.91 Å². The van der Waals surface area contributed by atoms with E-state index in [1.54, 1.807) is 6.20 Å². The van der Waals surface area contributed by atoms with Crippen LogP contribution in [0.15, 0.2) is 38.2 Å². The van der Waals surface area contributed by atoms with Crippen molar-refractivity contribution >= 4 is 21.7 Å². The highest BCUT2D eigenvalue weighted by Gasteiger charge is 2.20. The van der Waals surface area contributed by atoms with Crippen LogP contribution in [0, 0.1) is 5.82 Å². The highest BCUT2D eigenvalue weighted by molar-refractivity contribution is 9.10. The van der Waals surface area contributed by atoms with Gasteiger partial charge in [0.2, 0.25) is 0 Å². The summed E-state index contributed by atoms with van der Waals surface area (Å²) in [4.78, 5) is 12.0. The van der Waals surface area contributed by atoms with Crippen molar-refractivity contribution in [2.45, 2.75) is 0 Å². The molecule has 1 aromatic carbocycles. The van der Waals surface area contributed by atoms with Gasteiger partial charge in [0, 0.05) is 19.3 Å². The second kappa shape index (κ2) is 6.34. The summed E-state index contributed by atoms with van der Waals surface area (Å²) in [7, 11) is 0. The predicted molar refractivity (Wildman–Crippen MR) is 84.9 cm³/mol. The van der Waals surface area contributed by atoms with Crippen molar-refractivity contribution in [2.24, 2.45) is 5.73 Å². The molecule has 0 atom stereocenters. The molecular weight excluding hydrogens is 371 g/mol. The molecule has 0 unspecified atom stereocenters. The number of aromatic amines is 1. The average molecular weight is 383 g/mol. The van der Waals surface area contributed by atoms with E-state index in [2.05, 4.69) is 36.6 Å². The summed E-state index contributed by atoms with van der Waals surface area (Å²) in [5, 5.41) is 13.5. The zero-order valence-corrected chi connectivity index (χ0v) is 13.3. The Balaban J connectivity index is 2.11. The van der Waals surface area contributed by atoms with Crippen molar-refractivity contribution in [1.82, 2.24) is 19.9 Å². The van der Waals surface area contributed by atoms with E-state index in [-0.39, 0.29) is 10.3 Å². The van der Waals surface area contributed by atoms with Crippen LogP contribution in [-0.2, 0) is 0 Å². The molecule has 3 aromatic rings. The molecule has 8 nitrogen and oxygen atoms in total. The lowest BCUT2D eigenvalue weighted by Crippen LogP contribution is -2.15. The molecule has 2 aromatic heterocycles. The molecule has 4 N–H and O–H groups in total. The summed E-state index contributed by atoms with van der Waals surface area (Å²) >= 11 is 3.09. The average Bonchev–Trinajstić information content (AvgIpc) is 3.14. The van der Waals surface area contributed by atoms with Crippen molar-refractivity contribution in [3.63, 3.8) is 0 Å². The molecule has 0 fully saturated rings. The fourth-order valence-electron chi connectivity index (χ4n) is 2.06. The normalized spacial score (nSPS) is 10.9. The molecule has 0 aliphatic rings. The van der Waals surface area contributed by atoms with Gasteiger partial charge in [0.1, 0.15) is 5.82 Å². The SMILES string of the molecule is NCCNc1n[nH]cc1-c1noc(=O)n1-c1ccc(F)c(Br)c1. The fourth-order valence-corrected chi connectivity index (χ4v) is 2.42. The Hall–Kier alpha value is -2.46. The monoisotopic (exact) mass is 382 g/mol. The number of hydrogen-bond acceptors (Lipinski definition) is 6. The molecule has 10 heteroatoms. The Morgan fingerprint density at radius 2 is 2.30 bits per heavy atom. The maximum atomic E-state index is 13.4. The van der Waals surface area contributed by atoms with Crippen LogP contribution in [0.2, 0.25) is 0 Å². The molecule has 0 aliphatic heterocycles. The van der Waals surface area contributed by atoms with E-state index in [0.717, 1.165) is 0 Å². The standard InChI is InChI=1S/C13H12BrFN6O2/c14-9-5-7(1-2-10(9)15)21-12(20-23-13(21)22)8-6-18-19-11(8)17-4-3-16/h1-2,5-6H,3-4,16H2,(H2,17,18,19). The lowest BCUT2D eigenvalue weighted by Gasteiger charge is -2.06. The van der Waals surface area contributed by atoms with Gasteiger partial charge < -0.3 is 11.1 Å². The Bertz CT molecular complexity index is 887. The van der Waals surface area contributed by atoms with E-state index in [1.165, 1.54) is 22.8 Å². The van der Waals surface area contributed by atoms with E-state index in [0.29, 0.717) is 30.2 Å². The highest BCUT2D eigenvalue weighted by Crippen LogP contribution is 2.26. The summed E-state index contributed by atoms with van der Waals surface area (Å²) in [5.41, 5.74) is 6.40. The Kier molecular flexibility index (Phi) is 4.26. The first-order valence-electron chi connectivity index (χ1n) is 6.64. The highest BCUT2D eigenvalue weighted by atomic mass is 79.9. The Morgan fingerprint density at radius 3 is 3.04 bits per heavy atom. The lowest BCUT2D eigenvalue weighted by molar-refractivity contribution is 0.383. The lowest BCUT2D eigenvalue weighted by atomic mass is 10.2. The van der Waals surface area contributed by atoms with E-state index in [1.807, 2.05) is 0 Å². The van der Waals surface area contributed by atoms with Crippen molar-refractivity contribution in [3.8, 4) is 17.1 Å². The zero-order valence-electron chi connectivity index (χ0n) is 11.7. The first kappa shape index (κ1) is 15.4. The first-order chi connectivity index (χ1) is 11.1. The van der Waals surface area contributed by atoms with Gasteiger partial charge in [-0.05, 0) is 34.1 Å². The van der Waals surface area contributed by atoms with Crippen LogP contribution < -0.4 is 16.8 Å². The molecule has 0 bridgehead atoms. The van der Waals surface area contributed by atoms with Crippen LogP contribution in [0.5, 0.6) is 0 Å². The topological polar surface area (TPSA) is 115 Å². The van der Waals surface area contributed by atoms with Crippen molar-refractivity contribution in [1.29, 1.82) is 0 Å². The van der Waals surface area contributed by atoms with Crippen molar-refractivity contribution in [2.75, 3.05) is 18.4 Å². The van der Waals surface area contributed by atoms with Crippen LogP contribution in [0.1, 0.15) is 0 Å². The van der Waals surface area contributed by atoms with E-state index in [4.69, 9.17) is 10.3 Å². The van der Waals surface area contributed by atoms with Gasteiger partial charge in [0.15, 0.2) is 11.6 Å². The van der Waals surface area contributed by atoms with Gasteiger partial charge >= 0.3 is 5.76 Å². The molecule has 0 saturated heterocycles. The quantitative estimate of drug-likeness (QED) is 0.615. The fraction of sp³-hybridized carbons (Fsp3) is 0.154. The minimum absolute atomic E-state index is 0.225. The summed E-state index contributed by atoms with van der Waals surface area (Å²) in [6, 6.07) is 4.16. The second-order valence-corrected chi connectivity index (χ2v) is 5.42. The minimum atomic E-state index is -0.690. The number of nitrogens with one attached hydrogen (secondary N) is 2. The molecular formula is C13H12BrFN6O2. The number of anilines is 1. The first-order valence-corrected chi connectivity index (χ1v) is 7.43. The number of H-pyrrole nitrogens is 1. The van der Waals surface area contributed by atoms with Gasteiger partial charge in [-0.1, -0.05) is 5.16 Å². The second-order valence-electron chi connectivity index (χ2n) is 4.57. The number of hydrogen-bond donors (Lipinski definition) is 3. The summed E-state index contributed by atoms with van der Waals surface area (Å²) in [6.45, 7) is 0.921. The third-order valence-corrected chi connectivity index (χ3v) is 3.69. The number of benzene rings is 1. The van der Waals surface area contributed by atoms with Gasteiger partial charge in [0.05, 0.1) is 15.7 Å². The molecule has 3 rings (SSSR count). The predicted octanol–water partition coefficient (Wildman–Crippen LogP) is 1.49. The summed E-state index contributed by atoms with van der Waals surface area (Å²) in [6.07, 6.45) is 1.57. The van der Waals surface area contributed by atoms with Gasteiger partial charge in [-0.2, -0.15) is 5.10 Å². The van der Waals surface area contributed by atoms with E-state index >= 15 is 0 Å². The van der Waals surface area contributed by atoms with Gasteiger partial charge in [-0.3, -0.25) is 9.62 Å².